The normalized spacial score (nSPS) is 14.1. The highest BCUT2D eigenvalue weighted by molar-refractivity contribution is 5.49. The van der Waals surface area contributed by atoms with Gasteiger partial charge in [0.2, 0.25) is 0 Å². The summed E-state index contributed by atoms with van der Waals surface area (Å²) in [6.45, 7) is 5.87. The average Bonchev–Trinajstić information content (AvgIpc) is 2.34. The van der Waals surface area contributed by atoms with Gasteiger partial charge in [-0.25, -0.2) is 0 Å². The van der Waals surface area contributed by atoms with E-state index in [4.69, 9.17) is 5.73 Å². The van der Waals surface area contributed by atoms with Gasteiger partial charge < -0.3 is 5.73 Å². The van der Waals surface area contributed by atoms with Crippen LogP contribution in [0, 0.1) is 32.1 Å². The van der Waals surface area contributed by atoms with Gasteiger partial charge in [-0.05, 0) is 31.2 Å². The number of rotatable bonds is 6. The Morgan fingerprint density at radius 3 is 2.15 bits per heavy atom. The number of benzene rings is 1. The van der Waals surface area contributed by atoms with Crippen molar-refractivity contribution in [3.8, 4) is 0 Å². The highest BCUT2D eigenvalue weighted by Crippen LogP contribution is 2.29. The lowest BCUT2D eigenvalue weighted by Gasteiger charge is -2.24. The molecule has 0 bridgehead atoms. The summed E-state index contributed by atoms with van der Waals surface area (Å²) in [5.74, 6) is 0.347. The standard InChI is InChI=1S/C13H19N3O4/c1-8(2)12(9(3)14)6-10-4-5-11(15(17)18)7-13(10)16(19)20/h4-5,7-9,12H,6,14H2,1-3H3. The summed E-state index contributed by atoms with van der Waals surface area (Å²) in [6.07, 6.45) is 0.434. The van der Waals surface area contributed by atoms with Crippen LogP contribution in [0.4, 0.5) is 11.4 Å². The molecular formula is C13H19N3O4. The van der Waals surface area contributed by atoms with Crippen LogP contribution in [-0.4, -0.2) is 15.9 Å². The van der Waals surface area contributed by atoms with E-state index in [-0.39, 0.29) is 29.3 Å². The van der Waals surface area contributed by atoms with Crippen molar-refractivity contribution >= 4 is 11.4 Å². The fourth-order valence-corrected chi connectivity index (χ4v) is 2.29. The van der Waals surface area contributed by atoms with E-state index in [0.29, 0.717) is 12.0 Å². The maximum Gasteiger partial charge on any atom is 0.279 e. The van der Waals surface area contributed by atoms with Gasteiger partial charge in [-0.1, -0.05) is 13.8 Å². The monoisotopic (exact) mass is 281 g/mol. The molecule has 2 N–H and O–H groups in total. The first kappa shape index (κ1) is 16.0. The van der Waals surface area contributed by atoms with Gasteiger partial charge in [0.15, 0.2) is 0 Å². The van der Waals surface area contributed by atoms with Gasteiger partial charge >= 0.3 is 0 Å². The van der Waals surface area contributed by atoms with Crippen LogP contribution in [0.5, 0.6) is 0 Å². The summed E-state index contributed by atoms with van der Waals surface area (Å²) >= 11 is 0. The van der Waals surface area contributed by atoms with Gasteiger partial charge in [0, 0.05) is 17.7 Å². The Hall–Kier alpha value is -2.02. The molecule has 0 spiro atoms. The maximum atomic E-state index is 11.1. The van der Waals surface area contributed by atoms with Crippen LogP contribution in [0.15, 0.2) is 18.2 Å². The topological polar surface area (TPSA) is 112 Å². The Morgan fingerprint density at radius 1 is 1.15 bits per heavy atom. The van der Waals surface area contributed by atoms with Crippen molar-refractivity contribution in [2.45, 2.75) is 33.2 Å². The van der Waals surface area contributed by atoms with Crippen molar-refractivity contribution in [1.82, 2.24) is 0 Å². The minimum Gasteiger partial charge on any atom is -0.328 e. The second kappa shape index (κ2) is 6.42. The van der Waals surface area contributed by atoms with Gasteiger partial charge in [-0.15, -0.1) is 0 Å². The summed E-state index contributed by atoms with van der Waals surface area (Å²) in [5.41, 5.74) is 5.90. The third-order valence-electron chi connectivity index (χ3n) is 3.46. The Bertz CT molecular complexity index is 506. The molecule has 0 aliphatic heterocycles. The Balaban J connectivity index is 3.17. The van der Waals surface area contributed by atoms with E-state index < -0.39 is 9.85 Å². The first-order chi connectivity index (χ1) is 9.23. The van der Waals surface area contributed by atoms with Crippen molar-refractivity contribution in [2.24, 2.45) is 17.6 Å². The predicted molar refractivity (Wildman–Crippen MR) is 75.4 cm³/mol. The Morgan fingerprint density at radius 2 is 1.75 bits per heavy atom. The molecule has 0 amide bonds. The van der Waals surface area contributed by atoms with E-state index >= 15 is 0 Å². The van der Waals surface area contributed by atoms with Crippen LogP contribution in [0.25, 0.3) is 0 Å². The molecule has 2 atom stereocenters. The van der Waals surface area contributed by atoms with Crippen LogP contribution < -0.4 is 5.73 Å². The number of nitrogens with two attached hydrogens (primary N) is 1. The lowest BCUT2D eigenvalue weighted by molar-refractivity contribution is -0.394. The quantitative estimate of drug-likeness (QED) is 0.636. The second-order valence-electron chi connectivity index (χ2n) is 5.30. The van der Waals surface area contributed by atoms with Crippen LogP contribution >= 0.6 is 0 Å². The van der Waals surface area contributed by atoms with E-state index in [1.807, 2.05) is 20.8 Å². The summed E-state index contributed by atoms with van der Waals surface area (Å²) < 4.78 is 0. The fraction of sp³-hybridized carbons (Fsp3) is 0.538. The molecule has 0 saturated carbocycles. The minimum absolute atomic E-state index is 0.0788. The Labute approximate surface area is 117 Å². The Kier molecular flexibility index (Phi) is 5.15. The number of nitro benzene ring substituents is 2. The molecular weight excluding hydrogens is 262 g/mol. The van der Waals surface area contributed by atoms with Gasteiger partial charge in [-0.2, -0.15) is 0 Å². The zero-order chi connectivity index (χ0) is 15.4. The zero-order valence-corrected chi connectivity index (χ0v) is 11.8. The van der Waals surface area contributed by atoms with Crippen molar-refractivity contribution < 1.29 is 9.85 Å². The van der Waals surface area contributed by atoms with Gasteiger partial charge in [0.1, 0.15) is 0 Å². The van der Waals surface area contributed by atoms with E-state index in [1.165, 1.54) is 12.1 Å². The van der Waals surface area contributed by atoms with Gasteiger partial charge in [0.25, 0.3) is 11.4 Å². The molecule has 0 aliphatic carbocycles. The lowest BCUT2D eigenvalue weighted by Crippen LogP contribution is -2.32. The minimum atomic E-state index is -0.637. The SMILES string of the molecule is CC(C)C(Cc1ccc([N+](=O)[O-])cc1[N+](=O)[O-])C(C)N. The van der Waals surface area contributed by atoms with Crippen LogP contribution in [0.1, 0.15) is 26.3 Å². The fourth-order valence-electron chi connectivity index (χ4n) is 2.29. The molecule has 0 fully saturated rings. The summed E-state index contributed by atoms with van der Waals surface area (Å²) in [6, 6.07) is 3.65. The third kappa shape index (κ3) is 3.74. The predicted octanol–water partition coefficient (Wildman–Crippen LogP) is 2.66. The molecule has 0 heterocycles. The number of nitrogens with zero attached hydrogens (tertiary/aromatic N) is 2. The van der Waals surface area contributed by atoms with Crippen molar-refractivity contribution in [3.05, 3.63) is 44.0 Å². The van der Waals surface area contributed by atoms with Crippen molar-refractivity contribution in [1.29, 1.82) is 0 Å². The summed E-state index contributed by atoms with van der Waals surface area (Å²) in [7, 11) is 0. The smallest absolute Gasteiger partial charge is 0.279 e. The molecule has 20 heavy (non-hydrogen) atoms. The summed E-state index contributed by atoms with van der Waals surface area (Å²) in [4.78, 5) is 20.5. The molecule has 1 aromatic rings. The zero-order valence-electron chi connectivity index (χ0n) is 11.8. The highest BCUT2D eigenvalue weighted by atomic mass is 16.6. The largest absolute Gasteiger partial charge is 0.328 e. The third-order valence-corrected chi connectivity index (χ3v) is 3.46. The molecule has 2 unspecified atom stereocenters. The molecule has 7 nitrogen and oxygen atoms in total. The van der Waals surface area contributed by atoms with E-state index in [1.54, 1.807) is 0 Å². The second-order valence-corrected chi connectivity index (χ2v) is 5.30. The van der Waals surface area contributed by atoms with Crippen molar-refractivity contribution in [2.75, 3.05) is 0 Å². The highest BCUT2D eigenvalue weighted by Gasteiger charge is 2.25. The molecule has 110 valence electrons. The van der Waals surface area contributed by atoms with Crippen LogP contribution in [0.2, 0.25) is 0 Å². The van der Waals surface area contributed by atoms with Crippen molar-refractivity contribution in [3.63, 3.8) is 0 Å². The van der Waals surface area contributed by atoms with E-state index in [2.05, 4.69) is 0 Å². The van der Waals surface area contributed by atoms with Crippen LogP contribution in [-0.2, 0) is 6.42 Å². The number of hydrogen-bond acceptors (Lipinski definition) is 5. The van der Waals surface area contributed by atoms with E-state index in [0.717, 1.165) is 6.07 Å². The lowest BCUT2D eigenvalue weighted by atomic mass is 9.84. The molecule has 0 saturated heterocycles. The number of nitro groups is 2. The van der Waals surface area contributed by atoms with Gasteiger partial charge in [-0.3, -0.25) is 20.2 Å². The maximum absolute atomic E-state index is 11.1. The molecule has 0 radical (unpaired) electrons. The van der Waals surface area contributed by atoms with E-state index in [9.17, 15) is 20.2 Å². The first-order valence-electron chi connectivity index (χ1n) is 6.41. The molecule has 0 aromatic heterocycles. The number of non-ortho nitro benzene ring substituents is 1. The summed E-state index contributed by atoms with van der Waals surface area (Å²) in [5, 5.41) is 21.8. The first-order valence-corrected chi connectivity index (χ1v) is 6.41. The molecule has 7 heteroatoms. The molecule has 0 aliphatic rings. The average molecular weight is 281 g/mol. The number of hydrogen-bond donors (Lipinski definition) is 1. The van der Waals surface area contributed by atoms with Crippen LogP contribution in [0.3, 0.4) is 0 Å². The molecule has 1 rings (SSSR count). The van der Waals surface area contributed by atoms with Gasteiger partial charge in [0.05, 0.1) is 15.9 Å². The molecule has 1 aromatic carbocycles.